The Morgan fingerprint density at radius 3 is 2.70 bits per heavy atom. The summed E-state index contributed by atoms with van der Waals surface area (Å²) in [5.41, 5.74) is 6.21. The monoisotopic (exact) mass is 487 g/mol. The topological polar surface area (TPSA) is 81.1 Å². The molecular weight excluding hydrogens is 466 g/mol. The Balaban J connectivity index is 1.63. The molecule has 2 atom stereocenters. The number of aromatic nitrogens is 3. The number of fused-ring (bicyclic) bond motifs is 1. The highest BCUT2D eigenvalue weighted by molar-refractivity contribution is 9.10. The zero-order valence-corrected chi connectivity index (χ0v) is 19.3. The van der Waals surface area contributed by atoms with Crippen LogP contribution in [0.2, 0.25) is 0 Å². The lowest BCUT2D eigenvalue weighted by Gasteiger charge is -2.32. The highest BCUT2D eigenvalue weighted by Gasteiger charge is 2.37. The Morgan fingerprint density at radius 1 is 1.23 bits per heavy atom. The van der Waals surface area contributed by atoms with Gasteiger partial charge in [0, 0.05) is 10.2 Å². The molecule has 0 saturated carbocycles. The van der Waals surface area contributed by atoms with Gasteiger partial charge >= 0.3 is 0 Å². The van der Waals surface area contributed by atoms with Gasteiger partial charge in [-0.1, -0.05) is 39.8 Å². The van der Waals surface area contributed by atoms with Crippen LogP contribution in [-0.2, 0) is 4.79 Å². The largest absolute Gasteiger partial charge is 0.494 e. The fourth-order valence-electron chi connectivity index (χ4n) is 3.28. The molecule has 30 heavy (non-hydrogen) atoms. The number of hydrogen-bond acceptors (Lipinski definition) is 6. The predicted octanol–water partition coefficient (Wildman–Crippen LogP) is 4.45. The van der Waals surface area contributed by atoms with Gasteiger partial charge in [0.05, 0.1) is 12.6 Å². The number of benzene rings is 2. The Morgan fingerprint density at radius 2 is 2.00 bits per heavy atom. The van der Waals surface area contributed by atoms with E-state index in [9.17, 15) is 4.79 Å². The van der Waals surface area contributed by atoms with Gasteiger partial charge in [0.1, 0.15) is 16.8 Å². The lowest BCUT2D eigenvalue weighted by Crippen LogP contribution is -2.41. The first-order chi connectivity index (χ1) is 14.5. The highest BCUT2D eigenvalue weighted by atomic mass is 79.9. The van der Waals surface area contributed by atoms with Crippen molar-refractivity contribution in [3.8, 4) is 5.75 Å². The second kappa shape index (κ2) is 8.69. The number of ether oxygens (including phenoxy) is 1. The summed E-state index contributed by atoms with van der Waals surface area (Å²) < 4.78 is 8.39. The highest BCUT2D eigenvalue weighted by Crippen LogP contribution is 2.38. The van der Waals surface area contributed by atoms with E-state index in [0.29, 0.717) is 11.8 Å². The van der Waals surface area contributed by atoms with Gasteiger partial charge in [-0.25, -0.2) is 4.68 Å². The van der Waals surface area contributed by atoms with Gasteiger partial charge in [0.2, 0.25) is 11.1 Å². The summed E-state index contributed by atoms with van der Waals surface area (Å²) >= 11 is 4.90. The van der Waals surface area contributed by atoms with Crippen LogP contribution in [-0.4, -0.2) is 32.6 Å². The maximum absolute atomic E-state index is 13.3. The van der Waals surface area contributed by atoms with Crippen molar-refractivity contribution in [1.82, 2.24) is 14.9 Å². The van der Waals surface area contributed by atoms with Crippen LogP contribution in [0.15, 0.2) is 52.1 Å². The van der Waals surface area contributed by atoms with Crippen molar-refractivity contribution in [3.63, 3.8) is 0 Å². The number of halogens is 1. The number of rotatable bonds is 5. The first-order valence-corrected chi connectivity index (χ1v) is 11.3. The first kappa shape index (κ1) is 20.7. The van der Waals surface area contributed by atoms with Crippen molar-refractivity contribution in [1.29, 1.82) is 0 Å². The van der Waals surface area contributed by atoms with Crippen LogP contribution in [0.5, 0.6) is 5.75 Å². The summed E-state index contributed by atoms with van der Waals surface area (Å²) in [5, 5.41) is 11.6. The molecule has 0 unspecified atom stereocenters. The molecule has 0 fully saturated rings. The number of carbonyl (C=O) groups is 1. The van der Waals surface area contributed by atoms with Crippen LogP contribution in [0.25, 0.3) is 0 Å². The molecule has 156 valence electrons. The molecular formula is C21H22BrN5O2S. The smallest absolute Gasteiger partial charge is 0.240 e. The SMILES string of the molecule is CCOc1ccc([C@@H]2Nn3c(C)nnc3S[C@H]2C(=O)Nc2ccc(Br)c(C)c2)cc1. The van der Waals surface area contributed by atoms with Crippen molar-refractivity contribution in [2.45, 2.75) is 37.2 Å². The summed E-state index contributed by atoms with van der Waals surface area (Å²) in [6.07, 6.45) is 0. The number of nitrogens with one attached hydrogen (secondary N) is 2. The third kappa shape index (κ3) is 4.17. The number of nitrogens with zero attached hydrogens (tertiary/aromatic N) is 3. The summed E-state index contributed by atoms with van der Waals surface area (Å²) in [7, 11) is 0. The van der Waals surface area contributed by atoms with Crippen LogP contribution in [0.1, 0.15) is 29.9 Å². The third-order valence-corrected chi connectivity index (χ3v) is 6.94. The van der Waals surface area contributed by atoms with E-state index in [4.69, 9.17) is 4.74 Å². The number of hydrogen-bond donors (Lipinski definition) is 2. The summed E-state index contributed by atoms with van der Waals surface area (Å²) in [6.45, 7) is 6.43. The summed E-state index contributed by atoms with van der Waals surface area (Å²) in [6, 6.07) is 13.3. The minimum absolute atomic E-state index is 0.0972. The quantitative estimate of drug-likeness (QED) is 0.552. The van der Waals surface area contributed by atoms with Gasteiger partial charge in [0.25, 0.3) is 0 Å². The standard InChI is InChI=1S/C21H22BrN5O2S/c1-4-29-16-8-5-14(6-9-16)18-19(30-21-25-24-13(3)27(21)26-18)20(28)23-15-7-10-17(22)12(2)11-15/h5-11,18-19,26H,4H2,1-3H3,(H,23,28)/t18-,19+/m0/s1. The Labute approximate surface area is 187 Å². The number of carbonyl (C=O) groups excluding carboxylic acids is 1. The molecule has 1 amide bonds. The molecule has 0 spiro atoms. The number of anilines is 1. The fraction of sp³-hybridized carbons (Fsp3) is 0.286. The molecule has 1 aromatic heterocycles. The molecule has 2 aromatic carbocycles. The molecule has 7 nitrogen and oxygen atoms in total. The van der Waals surface area contributed by atoms with Crippen LogP contribution >= 0.6 is 27.7 Å². The molecule has 0 radical (unpaired) electrons. The molecule has 2 N–H and O–H groups in total. The van der Waals surface area contributed by atoms with Crippen molar-refractivity contribution in [3.05, 3.63) is 63.9 Å². The van der Waals surface area contributed by atoms with Crippen molar-refractivity contribution >= 4 is 39.3 Å². The Kier molecular flexibility index (Phi) is 6.01. The van der Waals surface area contributed by atoms with E-state index < -0.39 is 5.25 Å². The maximum atomic E-state index is 13.3. The van der Waals surface area contributed by atoms with E-state index in [-0.39, 0.29) is 11.9 Å². The van der Waals surface area contributed by atoms with Crippen molar-refractivity contribution in [2.24, 2.45) is 0 Å². The summed E-state index contributed by atoms with van der Waals surface area (Å²) in [4.78, 5) is 13.3. The van der Waals surface area contributed by atoms with Gasteiger partial charge in [-0.15, -0.1) is 10.2 Å². The van der Waals surface area contributed by atoms with Crippen molar-refractivity contribution < 1.29 is 9.53 Å². The summed E-state index contributed by atoms with van der Waals surface area (Å²) in [5.74, 6) is 1.45. The second-order valence-electron chi connectivity index (χ2n) is 6.97. The van der Waals surface area contributed by atoms with E-state index in [0.717, 1.165) is 32.9 Å². The van der Waals surface area contributed by atoms with Crippen LogP contribution in [0, 0.1) is 13.8 Å². The predicted molar refractivity (Wildman–Crippen MR) is 122 cm³/mol. The average molecular weight is 488 g/mol. The van der Waals surface area contributed by atoms with Gasteiger partial charge in [-0.05, 0) is 62.2 Å². The molecule has 4 rings (SSSR count). The second-order valence-corrected chi connectivity index (χ2v) is 8.93. The van der Waals surface area contributed by atoms with Crippen LogP contribution < -0.4 is 15.5 Å². The van der Waals surface area contributed by atoms with Gasteiger partial charge in [-0.3, -0.25) is 4.79 Å². The molecule has 2 heterocycles. The Bertz CT molecular complexity index is 1070. The normalized spacial score (nSPS) is 17.7. The lowest BCUT2D eigenvalue weighted by atomic mass is 10.0. The molecule has 3 aromatic rings. The lowest BCUT2D eigenvalue weighted by molar-refractivity contribution is -0.116. The molecule has 9 heteroatoms. The molecule has 0 saturated heterocycles. The molecule has 1 aliphatic rings. The van der Waals surface area contributed by atoms with Gasteiger partial charge in [0.15, 0.2) is 0 Å². The molecule has 0 aliphatic carbocycles. The van der Waals surface area contributed by atoms with E-state index in [1.165, 1.54) is 11.8 Å². The molecule has 1 aliphatic heterocycles. The first-order valence-electron chi connectivity index (χ1n) is 9.61. The van der Waals surface area contributed by atoms with E-state index in [2.05, 4.69) is 36.9 Å². The van der Waals surface area contributed by atoms with Crippen LogP contribution in [0.4, 0.5) is 5.69 Å². The average Bonchev–Trinajstić information content (AvgIpc) is 3.11. The van der Waals surface area contributed by atoms with E-state index >= 15 is 0 Å². The minimum atomic E-state index is -0.428. The van der Waals surface area contributed by atoms with Crippen LogP contribution in [0.3, 0.4) is 0 Å². The minimum Gasteiger partial charge on any atom is -0.494 e. The number of thioether (sulfide) groups is 1. The van der Waals surface area contributed by atoms with Gasteiger partial charge in [-0.2, -0.15) is 0 Å². The molecule has 0 bridgehead atoms. The van der Waals surface area contributed by atoms with E-state index in [1.807, 2.05) is 67.9 Å². The van der Waals surface area contributed by atoms with Crippen molar-refractivity contribution in [2.75, 3.05) is 17.3 Å². The Hall–Kier alpha value is -2.52. The van der Waals surface area contributed by atoms with E-state index in [1.54, 1.807) is 0 Å². The number of amides is 1. The zero-order valence-electron chi connectivity index (χ0n) is 16.8. The number of aryl methyl sites for hydroxylation is 2. The maximum Gasteiger partial charge on any atom is 0.240 e. The van der Waals surface area contributed by atoms with Gasteiger partial charge < -0.3 is 15.5 Å². The fourth-order valence-corrected chi connectivity index (χ4v) is 4.66. The zero-order chi connectivity index (χ0) is 21.3. The third-order valence-electron chi connectivity index (χ3n) is 4.83.